The standard InChI is InChI=1S/C16H19F3N2O3/c17-16(18,19)15(12-4-2-1-3-5-12)20-13(22)6-7-14(23)21-8-10-24-11-9-21/h1-5,15H,6-11H2,(H,20,22)/t15-/m1/s1. The summed E-state index contributed by atoms with van der Waals surface area (Å²) in [5.41, 5.74) is -0.0437. The molecule has 5 nitrogen and oxygen atoms in total. The van der Waals surface area contributed by atoms with Crippen LogP contribution in [0.4, 0.5) is 13.2 Å². The Bertz CT molecular complexity index is 557. The number of carbonyl (C=O) groups excluding carboxylic acids is 2. The number of carbonyl (C=O) groups is 2. The minimum absolute atomic E-state index is 0.0437. The number of ether oxygens (including phenoxy) is 1. The van der Waals surface area contributed by atoms with Gasteiger partial charge in [-0.3, -0.25) is 9.59 Å². The predicted octanol–water partition coefficient (Wildman–Crippen LogP) is 2.05. The molecule has 0 bridgehead atoms. The SMILES string of the molecule is O=C(CCC(=O)N1CCOCC1)N[C@H](c1ccccc1)C(F)(F)F. The molecule has 1 aromatic carbocycles. The molecule has 0 aromatic heterocycles. The van der Waals surface area contributed by atoms with E-state index >= 15 is 0 Å². The normalized spacial score (nSPS) is 16.5. The molecule has 2 amide bonds. The summed E-state index contributed by atoms with van der Waals surface area (Å²) < 4.78 is 44.6. The second-order valence-corrected chi connectivity index (χ2v) is 5.45. The van der Waals surface area contributed by atoms with Gasteiger partial charge in [-0.15, -0.1) is 0 Å². The minimum atomic E-state index is -4.61. The van der Waals surface area contributed by atoms with Gasteiger partial charge in [-0.05, 0) is 5.56 Å². The van der Waals surface area contributed by atoms with Crippen LogP contribution in [0, 0.1) is 0 Å². The molecular formula is C16H19F3N2O3. The van der Waals surface area contributed by atoms with Crippen molar-refractivity contribution < 1.29 is 27.5 Å². The Morgan fingerprint density at radius 2 is 1.75 bits per heavy atom. The fraction of sp³-hybridized carbons (Fsp3) is 0.500. The van der Waals surface area contributed by atoms with Crippen LogP contribution in [0.1, 0.15) is 24.4 Å². The quantitative estimate of drug-likeness (QED) is 0.889. The molecule has 1 heterocycles. The minimum Gasteiger partial charge on any atom is -0.378 e. The first-order chi connectivity index (χ1) is 11.4. The topological polar surface area (TPSA) is 58.6 Å². The number of alkyl halides is 3. The zero-order valence-corrected chi connectivity index (χ0v) is 13.0. The maximum atomic E-state index is 13.2. The Balaban J connectivity index is 1.90. The average Bonchev–Trinajstić information content (AvgIpc) is 2.58. The van der Waals surface area contributed by atoms with E-state index in [0.29, 0.717) is 26.3 Å². The van der Waals surface area contributed by atoms with E-state index in [0.717, 1.165) is 0 Å². The number of halogens is 3. The summed E-state index contributed by atoms with van der Waals surface area (Å²) in [6.45, 7) is 1.75. The summed E-state index contributed by atoms with van der Waals surface area (Å²) in [4.78, 5) is 25.3. The Morgan fingerprint density at radius 1 is 1.12 bits per heavy atom. The van der Waals surface area contributed by atoms with Gasteiger partial charge in [0.2, 0.25) is 11.8 Å². The van der Waals surface area contributed by atoms with E-state index in [1.165, 1.54) is 24.3 Å². The summed E-state index contributed by atoms with van der Waals surface area (Å²) in [5, 5.41) is 1.97. The molecular weight excluding hydrogens is 325 g/mol. The van der Waals surface area contributed by atoms with Gasteiger partial charge in [0, 0.05) is 25.9 Å². The first kappa shape index (κ1) is 18.3. The number of benzene rings is 1. The van der Waals surface area contributed by atoms with Crippen molar-refractivity contribution in [2.45, 2.75) is 25.1 Å². The van der Waals surface area contributed by atoms with Crippen molar-refractivity contribution in [3.8, 4) is 0 Å². The smallest absolute Gasteiger partial charge is 0.378 e. The fourth-order valence-corrected chi connectivity index (χ4v) is 2.42. The third kappa shape index (κ3) is 5.23. The van der Waals surface area contributed by atoms with Gasteiger partial charge < -0.3 is 15.0 Å². The molecule has 1 atom stereocenters. The van der Waals surface area contributed by atoms with E-state index in [1.807, 2.05) is 5.32 Å². The molecule has 1 saturated heterocycles. The largest absolute Gasteiger partial charge is 0.412 e. The number of hydrogen-bond acceptors (Lipinski definition) is 3. The van der Waals surface area contributed by atoms with Gasteiger partial charge in [-0.1, -0.05) is 30.3 Å². The van der Waals surface area contributed by atoms with Crippen molar-refractivity contribution in [1.82, 2.24) is 10.2 Å². The van der Waals surface area contributed by atoms with Crippen molar-refractivity contribution in [1.29, 1.82) is 0 Å². The van der Waals surface area contributed by atoms with Gasteiger partial charge in [0.1, 0.15) is 0 Å². The lowest BCUT2D eigenvalue weighted by Gasteiger charge is -2.27. The molecule has 1 aliphatic heterocycles. The summed E-state index contributed by atoms with van der Waals surface area (Å²) in [6.07, 6.45) is -5.01. The van der Waals surface area contributed by atoms with Crippen LogP contribution < -0.4 is 5.32 Å². The highest BCUT2D eigenvalue weighted by Gasteiger charge is 2.41. The van der Waals surface area contributed by atoms with Crippen LogP contribution in [-0.4, -0.2) is 49.2 Å². The predicted molar refractivity (Wildman–Crippen MR) is 80.0 cm³/mol. The van der Waals surface area contributed by atoms with Crippen LogP contribution >= 0.6 is 0 Å². The van der Waals surface area contributed by atoms with E-state index in [2.05, 4.69) is 0 Å². The van der Waals surface area contributed by atoms with E-state index < -0.39 is 18.1 Å². The van der Waals surface area contributed by atoms with Crippen LogP contribution in [0.25, 0.3) is 0 Å². The fourth-order valence-electron chi connectivity index (χ4n) is 2.42. The molecule has 0 unspecified atom stereocenters. The molecule has 1 N–H and O–H groups in total. The van der Waals surface area contributed by atoms with Crippen LogP contribution in [0.2, 0.25) is 0 Å². The Kier molecular flexibility index (Phi) is 6.19. The number of hydrogen-bond donors (Lipinski definition) is 1. The van der Waals surface area contributed by atoms with E-state index in [4.69, 9.17) is 4.74 Å². The summed E-state index contributed by atoms with van der Waals surface area (Å²) in [6, 6.07) is 5.07. The molecule has 8 heteroatoms. The number of nitrogens with zero attached hydrogens (tertiary/aromatic N) is 1. The zero-order valence-electron chi connectivity index (χ0n) is 13.0. The first-order valence-corrected chi connectivity index (χ1v) is 7.64. The third-order valence-corrected chi connectivity index (χ3v) is 3.70. The van der Waals surface area contributed by atoms with Crippen molar-refractivity contribution in [2.75, 3.05) is 26.3 Å². The number of morpholine rings is 1. The Labute approximate surface area is 137 Å². The molecule has 132 valence electrons. The summed E-state index contributed by atoms with van der Waals surface area (Å²) in [7, 11) is 0. The molecule has 0 radical (unpaired) electrons. The highest BCUT2D eigenvalue weighted by atomic mass is 19.4. The van der Waals surface area contributed by atoms with Gasteiger partial charge in [0.25, 0.3) is 0 Å². The van der Waals surface area contributed by atoms with Crippen LogP contribution in [0.15, 0.2) is 30.3 Å². The van der Waals surface area contributed by atoms with Crippen molar-refractivity contribution >= 4 is 11.8 Å². The molecule has 1 fully saturated rings. The van der Waals surface area contributed by atoms with Crippen LogP contribution in [0.3, 0.4) is 0 Å². The highest BCUT2D eigenvalue weighted by Crippen LogP contribution is 2.32. The van der Waals surface area contributed by atoms with E-state index in [9.17, 15) is 22.8 Å². The molecule has 0 saturated carbocycles. The van der Waals surface area contributed by atoms with E-state index in [1.54, 1.807) is 11.0 Å². The Morgan fingerprint density at radius 3 is 2.33 bits per heavy atom. The summed E-state index contributed by atoms with van der Waals surface area (Å²) in [5.74, 6) is -1.06. The zero-order chi connectivity index (χ0) is 17.6. The molecule has 1 aliphatic rings. The maximum Gasteiger partial charge on any atom is 0.412 e. The van der Waals surface area contributed by atoms with Crippen molar-refractivity contribution in [3.05, 3.63) is 35.9 Å². The van der Waals surface area contributed by atoms with Gasteiger partial charge >= 0.3 is 6.18 Å². The first-order valence-electron chi connectivity index (χ1n) is 7.64. The number of amides is 2. The monoisotopic (exact) mass is 344 g/mol. The van der Waals surface area contributed by atoms with Gasteiger partial charge in [-0.2, -0.15) is 13.2 Å². The molecule has 24 heavy (non-hydrogen) atoms. The maximum absolute atomic E-state index is 13.2. The third-order valence-electron chi connectivity index (χ3n) is 3.70. The summed E-state index contributed by atoms with van der Waals surface area (Å²) >= 11 is 0. The van der Waals surface area contributed by atoms with Crippen LogP contribution in [-0.2, 0) is 14.3 Å². The highest BCUT2D eigenvalue weighted by molar-refractivity contribution is 5.84. The van der Waals surface area contributed by atoms with E-state index in [-0.39, 0.29) is 24.3 Å². The van der Waals surface area contributed by atoms with Crippen molar-refractivity contribution in [2.24, 2.45) is 0 Å². The second-order valence-electron chi connectivity index (χ2n) is 5.45. The Hall–Kier alpha value is -2.09. The lowest BCUT2D eigenvalue weighted by atomic mass is 10.1. The van der Waals surface area contributed by atoms with Gasteiger partial charge in [-0.25, -0.2) is 0 Å². The molecule has 0 spiro atoms. The number of rotatable bonds is 5. The molecule has 2 rings (SSSR count). The van der Waals surface area contributed by atoms with Gasteiger partial charge in [0.05, 0.1) is 13.2 Å². The number of nitrogens with one attached hydrogen (secondary N) is 1. The molecule has 1 aromatic rings. The molecule has 0 aliphatic carbocycles. The lowest BCUT2D eigenvalue weighted by molar-refractivity contribution is -0.163. The van der Waals surface area contributed by atoms with Crippen LogP contribution in [0.5, 0.6) is 0 Å². The average molecular weight is 344 g/mol. The lowest BCUT2D eigenvalue weighted by Crippen LogP contribution is -2.42. The van der Waals surface area contributed by atoms with Crippen molar-refractivity contribution in [3.63, 3.8) is 0 Å². The second kappa shape index (κ2) is 8.14. The van der Waals surface area contributed by atoms with Gasteiger partial charge in [0.15, 0.2) is 6.04 Å².